The van der Waals surface area contributed by atoms with Crippen molar-refractivity contribution in [2.24, 2.45) is 5.92 Å². The normalized spacial score (nSPS) is 20.5. The molecule has 36 heavy (non-hydrogen) atoms. The molecule has 0 bridgehead atoms. The summed E-state index contributed by atoms with van der Waals surface area (Å²) in [6, 6.07) is 3.68. The molecule has 0 spiro atoms. The van der Waals surface area contributed by atoms with Crippen LogP contribution in [0.5, 0.6) is 0 Å². The summed E-state index contributed by atoms with van der Waals surface area (Å²) in [6.07, 6.45) is 4.64. The SMILES string of the molecule is O=C(NC1CCC(C(=O)Nc2ccc(F)cc2Cl)CC1)c1nc[nH]c1C(=O)NCCN1CCCOC1. The number of ether oxygens (including phenoxy) is 1. The molecule has 12 heteroatoms. The molecule has 0 atom stereocenters. The van der Waals surface area contributed by atoms with Crippen LogP contribution in [-0.4, -0.2) is 71.6 Å². The number of amides is 3. The van der Waals surface area contributed by atoms with Gasteiger partial charge in [0.05, 0.1) is 23.8 Å². The van der Waals surface area contributed by atoms with Crippen molar-refractivity contribution in [3.63, 3.8) is 0 Å². The number of benzene rings is 1. The number of aromatic amines is 1. The van der Waals surface area contributed by atoms with Crippen LogP contribution in [0.25, 0.3) is 0 Å². The second-order valence-electron chi connectivity index (χ2n) is 9.03. The smallest absolute Gasteiger partial charge is 0.272 e. The number of imidazole rings is 1. The molecule has 10 nitrogen and oxygen atoms in total. The molecule has 0 radical (unpaired) electrons. The van der Waals surface area contributed by atoms with E-state index in [-0.39, 0.29) is 34.3 Å². The summed E-state index contributed by atoms with van der Waals surface area (Å²) in [5.74, 6) is -1.72. The lowest BCUT2D eigenvalue weighted by molar-refractivity contribution is -0.120. The molecule has 1 saturated carbocycles. The molecule has 4 N–H and O–H groups in total. The Balaban J connectivity index is 1.23. The first-order chi connectivity index (χ1) is 17.4. The number of nitrogens with zero attached hydrogens (tertiary/aromatic N) is 2. The van der Waals surface area contributed by atoms with E-state index in [1.807, 2.05) is 0 Å². The van der Waals surface area contributed by atoms with Crippen molar-refractivity contribution in [1.82, 2.24) is 25.5 Å². The molecule has 4 rings (SSSR count). The van der Waals surface area contributed by atoms with E-state index in [9.17, 15) is 18.8 Å². The maximum atomic E-state index is 13.2. The van der Waals surface area contributed by atoms with Crippen molar-refractivity contribution < 1.29 is 23.5 Å². The van der Waals surface area contributed by atoms with E-state index in [0.717, 1.165) is 25.6 Å². The van der Waals surface area contributed by atoms with Crippen LogP contribution in [0.1, 0.15) is 53.1 Å². The van der Waals surface area contributed by atoms with Crippen LogP contribution in [0, 0.1) is 11.7 Å². The van der Waals surface area contributed by atoms with Crippen molar-refractivity contribution in [2.75, 3.05) is 38.3 Å². The first-order valence-electron chi connectivity index (χ1n) is 12.1. The Hall–Kier alpha value is -3.02. The summed E-state index contributed by atoms with van der Waals surface area (Å²) in [5.41, 5.74) is 0.526. The number of carbonyl (C=O) groups is 3. The summed E-state index contributed by atoms with van der Waals surface area (Å²) in [5, 5.41) is 8.63. The maximum Gasteiger partial charge on any atom is 0.272 e. The zero-order chi connectivity index (χ0) is 25.5. The van der Waals surface area contributed by atoms with Crippen LogP contribution in [-0.2, 0) is 9.53 Å². The Kier molecular flexibility index (Phi) is 8.89. The monoisotopic (exact) mass is 520 g/mol. The fraction of sp³-hybridized carbons (Fsp3) is 0.500. The lowest BCUT2D eigenvalue weighted by Crippen LogP contribution is -2.41. The minimum Gasteiger partial charge on any atom is -0.366 e. The van der Waals surface area contributed by atoms with Gasteiger partial charge in [0.2, 0.25) is 5.91 Å². The molecular weight excluding hydrogens is 491 g/mol. The minimum absolute atomic E-state index is 0.0413. The van der Waals surface area contributed by atoms with Crippen molar-refractivity contribution in [3.05, 3.63) is 46.8 Å². The molecule has 3 amide bonds. The van der Waals surface area contributed by atoms with Gasteiger partial charge < -0.3 is 25.7 Å². The predicted octanol–water partition coefficient (Wildman–Crippen LogP) is 2.54. The molecular formula is C24H30ClFN6O4. The number of halogens is 2. The number of rotatable bonds is 8. The van der Waals surface area contributed by atoms with Crippen molar-refractivity contribution >= 4 is 35.0 Å². The lowest BCUT2D eigenvalue weighted by atomic mass is 9.85. The second-order valence-corrected chi connectivity index (χ2v) is 9.43. The Labute approximate surface area is 213 Å². The highest BCUT2D eigenvalue weighted by Gasteiger charge is 2.29. The number of aromatic nitrogens is 2. The third-order valence-corrected chi connectivity index (χ3v) is 6.77. The fourth-order valence-electron chi connectivity index (χ4n) is 4.46. The van der Waals surface area contributed by atoms with Gasteiger partial charge in [0.15, 0.2) is 5.69 Å². The number of carbonyl (C=O) groups excluding carboxylic acids is 3. The summed E-state index contributed by atoms with van der Waals surface area (Å²) < 4.78 is 18.6. The highest BCUT2D eigenvalue weighted by molar-refractivity contribution is 6.33. The number of anilines is 1. The van der Waals surface area contributed by atoms with Crippen LogP contribution in [0.15, 0.2) is 24.5 Å². The van der Waals surface area contributed by atoms with Gasteiger partial charge in [-0.1, -0.05) is 11.6 Å². The highest BCUT2D eigenvalue weighted by atomic mass is 35.5. The third-order valence-electron chi connectivity index (χ3n) is 6.45. The number of H-pyrrole nitrogens is 1. The van der Waals surface area contributed by atoms with Gasteiger partial charge in [-0.2, -0.15) is 0 Å². The van der Waals surface area contributed by atoms with E-state index in [2.05, 4.69) is 30.8 Å². The van der Waals surface area contributed by atoms with E-state index in [0.29, 0.717) is 51.2 Å². The Morgan fingerprint density at radius 1 is 1.19 bits per heavy atom. The van der Waals surface area contributed by atoms with Gasteiger partial charge in [-0.05, 0) is 50.3 Å². The first kappa shape index (κ1) is 26.1. The quantitative estimate of drug-likeness (QED) is 0.423. The molecule has 1 saturated heterocycles. The molecule has 0 unspecified atom stereocenters. The number of nitrogens with one attached hydrogen (secondary N) is 4. The van der Waals surface area contributed by atoms with Gasteiger partial charge in [0, 0.05) is 38.2 Å². The van der Waals surface area contributed by atoms with Crippen LogP contribution < -0.4 is 16.0 Å². The lowest BCUT2D eigenvalue weighted by Gasteiger charge is -2.28. The fourth-order valence-corrected chi connectivity index (χ4v) is 4.67. The summed E-state index contributed by atoms with van der Waals surface area (Å²) in [7, 11) is 0. The van der Waals surface area contributed by atoms with Crippen LogP contribution in [0.3, 0.4) is 0 Å². The molecule has 1 aromatic heterocycles. The Morgan fingerprint density at radius 3 is 2.72 bits per heavy atom. The summed E-state index contributed by atoms with van der Waals surface area (Å²) >= 11 is 5.99. The predicted molar refractivity (Wildman–Crippen MR) is 131 cm³/mol. The largest absolute Gasteiger partial charge is 0.366 e. The van der Waals surface area contributed by atoms with E-state index in [4.69, 9.17) is 16.3 Å². The summed E-state index contributed by atoms with van der Waals surface area (Å²) in [4.78, 5) is 46.9. The van der Waals surface area contributed by atoms with E-state index < -0.39 is 17.6 Å². The molecule has 194 valence electrons. The zero-order valence-corrected chi connectivity index (χ0v) is 20.6. The molecule has 2 aromatic rings. The van der Waals surface area contributed by atoms with Gasteiger partial charge in [-0.25, -0.2) is 9.37 Å². The van der Waals surface area contributed by atoms with E-state index in [1.165, 1.54) is 18.5 Å². The molecule has 2 aliphatic rings. The first-order valence-corrected chi connectivity index (χ1v) is 12.5. The van der Waals surface area contributed by atoms with Crippen LogP contribution in [0.4, 0.5) is 10.1 Å². The van der Waals surface area contributed by atoms with Gasteiger partial charge in [-0.15, -0.1) is 0 Å². The third kappa shape index (κ3) is 6.80. The average molecular weight is 521 g/mol. The van der Waals surface area contributed by atoms with Gasteiger partial charge in [0.25, 0.3) is 11.8 Å². The standard InChI is InChI=1S/C24H30ClFN6O4/c25-18-12-16(26)4-7-19(18)31-22(33)15-2-5-17(6-3-15)30-24(35)21-20(28-13-29-21)23(34)27-8-10-32-9-1-11-36-14-32/h4,7,12-13,15,17H,1-3,5-6,8-11,14H2,(H,27,34)(H,28,29)(H,30,35)(H,31,33). The minimum atomic E-state index is -0.473. The van der Waals surface area contributed by atoms with Crippen LogP contribution in [0.2, 0.25) is 5.02 Å². The summed E-state index contributed by atoms with van der Waals surface area (Å²) in [6.45, 7) is 3.33. The van der Waals surface area contributed by atoms with E-state index >= 15 is 0 Å². The van der Waals surface area contributed by atoms with Crippen molar-refractivity contribution in [3.8, 4) is 0 Å². The van der Waals surface area contributed by atoms with E-state index in [1.54, 1.807) is 0 Å². The number of hydrogen-bond acceptors (Lipinski definition) is 6. The second kappa shape index (κ2) is 12.3. The average Bonchev–Trinajstić information content (AvgIpc) is 3.37. The molecule has 1 aliphatic heterocycles. The molecule has 1 aromatic carbocycles. The zero-order valence-electron chi connectivity index (χ0n) is 19.8. The van der Waals surface area contributed by atoms with Gasteiger partial charge >= 0.3 is 0 Å². The Morgan fingerprint density at radius 2 is 2.00 bits per heavy atom. The molecule has 1 aliphatic carbocycles. The number of hydrogen-bond donors (Lipinski definition) is 4. The van der Waals surface area contributed by atoms with Gasteiger partial charge in [0.1, 0.15) is 11.5 Å². The molecule has 2 heterocycles. The Bertz CT molecular complexity index is 1080. The topological polar surface area (TPSA) is 128 Å². The van der Waals surface area contributed by atoms with Gasteiger partial charge in [-0.3, -0.25) is 19.3 Å². The highest BCUT2D eigenvalue weighted by Crippen LogP contribution is 2.28. The maximum absolute atomic E-state index is 13.2. The molecule has 2 fully saturated rings. The van der Waals surface area contributed by atoms with Crippen molar-refractivity contribution in [2.45, 2.75) is 38.1 Å². The van der Waals surface area contributed by atoms with Crippen molar-refractivity contribution in [1.29, 1.82) is 0 Å². The van der Waals surface area contributed by atoms with Crippen LogP contribution >= 0.6 is 11.6 Å².